The molecule has 0 saturated carbocycles. The molecule has 0 aliphatic heterocycles. The first-order chi connectivity index (χ1) is 11.3. The lowest BCUT2D eigenvalue weighted by Crippen LogP contribution is -2.53. The van der Waals surface area contributed by atoms with Crippen molar-refractivity contribution in [1.82, 2.24) is 0 Å². The number of aliphatic hydroxyl groups is 2. The van der Waals surface area contributed by atoms with Gasteiger partial charge >= 0.3 is 0 Å². The van der Waals surface area contributed by atoms with E-state index in [-0.39, 0.29) is 43.2 Å². The van der Waals surface area contributed by atoms with Crippen molar-refractivity contribution >= 4 is 22.3 Å². The Morgan fingerprint density at radius 1 is 0.792 bits per heavy atom. The van der Waals surface area contributed by atoms with Crippen molar-refractivity contribution in [2.24, 2.45) is 0 Å². The van der Waals surface area contributed by atoms with Gasteiger partial charge in [-0.3, -0.25) is 20.4 Å². The van der Waals surface area contributed by atoms with Crippen LogP contribution in [0, 0.1) is 21.3 Å². The molecule has 0 amide bonds. The highest BCUT2D eigenvalue weighted by Crippen LogP contribution is 2.03. The maximum Gasteiger partial charge on any atom is 0.195 e. The average molecular weight is 322 g/mol. The highest BCUT2D eigenvalue weighted by molar-refractivity contribution is 5.82. The predicted octanol–water partition coefficient (Wildman–Crippen LogP) is -0.508. The van der Waals surface area contributed by atoms with Crippen molar-refractivity contribution in [1.29, 1.82) is 10.8 Å². The third kappa shape index (κ3) is 1.89. The van der Waals surface area contributed by atoms with E-state index < -0.39 is 21.6 Å². The van der Waals surface area contributed by atoms with Gasteiger partial charge in [0.1, 0.15) is 0 Å². The van der Waals surface area contributed by atoms with Crippen LogP contribution in [0.3, 0.4) is 0 Å². The lowest BCUT2D eigenvalue weighted by atomic mass is 10.0. The first-order valence-electron chi connectivity index (χ1n) is 7.18. The van der Waals surface area contributed by atoms with E-state index in [0.29, 0.717) is 0 Å². The van der Waals surface area contributed by atoms with Crippen LogP contribution in [0.15, 0.2) is 33.9 Å². The second-order valence-electron chi connectivity index (χ2n) is 5.62. The van der Waals surface area contributed by atoms with E-state index in [9.17, 15) is 19.8 Å². The predicted molar refractivity (Wildman–Crippen MR) is 88.5 cm³/mol. The van der Waals surface area contributed by atoms with Crippen molar-refractivity contribution in [2.45, 2.75) is 13.8 Å². The van der Waals surface area contributed by atoms with Gasteiger partial charge < -0.3 is 10.2 Å². The molecule has 1 aromatic rings. The van der Waals surface area contributed by atoms with Crippen LogP contribution in [0.2, 0.25) is 0 Å². The zero-order chi connectivity index (χ0) is 17.8. The van der Waals surface area contributed by atoms with Crippen molar-refractivity contribution < 1.29 is 10.2 Å². The van der Waals surface area contributed by atoms with Gasteiger partial charge in [-0.15, -0.1) is 0 Å². The maximum absolute atomic E-state index is 12.9. The van der Waals surface area contributed by atoms with Crippen molar-refractivity contribution in [3.63, 3.8) is 0 Å². The van der Waals surface area contributed by atoms with Gasteiger partial charge in [0.15, 0.2) is 10.9 Å². The van der Waals surface area contributed by atoms with E-state index >= 15 is 0 Å². The molecule has 1 aromatic carbocycles. The summed E-state index contributed by atoms with van der Waals surface area (Å²) in [6, 6.07) is 6.24. The molecule has 0 fully saturated rings. The molecule has 120 valence electrons. The third-order valence-electron chi connectivity index (χ3n) is 4.09. The Balaban J connectivity index is 3.18. The second-order valence-corrected chi connectivity index (χ2v) is 5.62. The Kier molecular flexibility index (Phi) is 3.33. The van der Waals surface area contributed by atoms with Gasteiger partial charge in [0.25, 0.3) is 0 Å². The summed E-state index contributed by atoms with van der Waals surface area (Å²) in [5.41, 5.74) is -1.03. The average Bonchev–Trinajstić information content (AvgIpc) is 2.53. The van der Waals surface area contributed by atoms with E-state index in [1.807, 2.05) is 0 Å². The fraction of sp³-hybridized carbons (Fsp3) is 0.111. The normalized spacial score (nSPS) is 14.1. The minimum atomic E-state index is -0.514. The van der Waals surface area contributed by atoms with Gasteiger partial charge in [0.2, 0.25) is 0 Å². The molecule has 0 spiro atoms. The largest absolute Gasteiger partial charge is 0.512 e. The highest BCUT2D eigenvalue weighted by Gasteiger charge is 2.14. The molecule has 3 rings (SSSR count). The van der Waals surface area contributed by atoms with E-state index in [4.69, 9.17) is 10.8 Å². The molecule has 0 bridgehead atoms. The summed E-state index contributed by atoms with van der Waals surface area (Å²) < 4.78 is 0. The maximum atomic E-state index is 12.9. The molecule has 0 saturated heterocycles. The van der Waals surface area contributed by atoms with Gasteiger partial charge in [0, 0.05) is 21.2 Å². The number of rotatable bonds is 0. The SMILES string of the molecule is C/C(O)=c1\c(=N)c(=N)/c(=C(\C)O)c2c(=O)c3ccccc3c(=O)c1=2. The van der Waals surface area contributed by atoms with Crippen LogP contribution in [-0.4, -0.2) is 10.2 Å². The minimum absolute atomic E-state index is 0.136. The van der Waals surface area contributed by atoms with Crippen molar-refractivity contribution in [3.05, 3.63) is 76.3 Å². The number of hydrogen-bond acceptors (Lipinski definition) is 6. The van der Waals surface area contributed by atoms with Crippen molar-refractivity contribution in [2.75, 3.05) is 0 Å². The summed E-state index contributed by atoms with van der Waals surface area (Å²) in [6.07, 6.45) is 0. The monoisotopic (exact) mass is 322 g/mol. The van der Waals surface area contributed by atoms with E-state index in [1.54, 1.807) is 12.1 Å². The number of aliphatic hydroxyl groups excluding tert-OH is 2. The summed E-state index contributed by atoms with van der Waals surface area (Å²) >= 11 is 0. The minimum Gasteiger partial charge on any atom is -0.512 e. The quantitative estimate of drug-likeness (QED) is 0.445. The van der Waals surface area contributed by atoms with Gasteiger partial charge in [-0.05, 0) is 13.8 Å². The summed E-state index contributed by atoms with van der Waals surface area (Å²) in [7, 11) is 0. The van der Waals surface area contributed by atoms with Crippen LogP contribution < -0.4 is 32.0 Å². The Morgan fingerprint density at radius 2 is 1.12 bits per heavy atom. The van der Waals surface area contributed by atoms with Crippen LogP contribution >= 0.6 is 0 Å². The van der Waals surface area contributed by atoms with Gasteiger partial charge in [0.05, 0.1) is 32.7 Å². The van der Waals surface area contributed by atoms with Crippen LogP contribution in [0.25, 0.3) is 22.3 Å². The topological polar surface area (TPSA) is 122 Å². The Labute approximate surface area is 134 Å². The number of hydrogen-bond donors (Lipinski definition) is 4. The van der Waals surface area contributed by atoms with E-state index in [0.717, 1.165) is 0 Å². The fourth-order valence-corrected chi connectivity index (χ4v) is 3.08. The molecule has 6 heteroatoms. The number of nitrogens with one attached hydrogen (secondary N) is 2. The Bertz CT molecular complexity index is 1290. The lowest BCUT2D eigenvalue weighted by Gasteiger charge is -2.02. The molecule has 6 nitrogen and oxygen atoms in total. The second kappa shape index (κ2) is 5.13. The van der Waals surface area contributed by atoms with Gasteiger partial charge in [-0.1, -0.05) is 24.3 Å². The zero-order valence-corrected chi connectivity index (χ0v) is 13.0. The van der Waals surface area contributed by atoms with E-state index in [1.165, 1.54) is 26.0 Å². The Hall–Kier alpha value is -3.28. The molecule has 0 heterocycles. The smallest absolute Gasteiger partial charge is 0.195 e. The first kappa shape index (κ1) is 15.6. The number of benzene rings is 1. The van der Waals surface area contributed by atoms with Crippen LogP contribution in [0.5, 0.6) is 0 Å². The van der Waals surface area contributed by atoms with E-state index in [2.05, 4.69) is 0 Å². The third-order valence-corrected chi connectivity index (χ3v) is 4.09. The Morgan fingerprint density at radius 3 is 1.42 bits per heavy atom. The summed E-state index contributed by atoms with van der Waals surface area (Å²) in [4.78, 5) is 25.8. The molecule has 0 radical (unpaired) electrons. The molecule has 0 unspecified atom stereocenters. The highest BCUT2D eigenvalue weighted by atomic mass is 16.3. The summed E-state index contributed by atoms with van der Waals surface area (Å²) in [6.45, 7) is 2.58. The summed E-state index contributed by atoms with van der Waals surface area (Å²) in [5.74, 6) is -0.653. The fourth-order valence-electron chi connectivity index (χ4n) is 3.08. The molecular formula is C18H14N2O4. The zero-order valence-electron chi connectivity index (χ0n) is 13.0. The molecule has 24 heavy (non-hydrogen) atoms. The molecule has 2 aliphatic rings. The molecular weight excluding hydrogens is 308 g/mol. The lowest BCUT2D eigenvalue weighted by molar-refractivity contribution is 0.494. The van der Waals surface area contributed by atoms with Gasteiger partial charge in [-0.2, -0.15) is 0 Å². The summed E-state index contributed by atoms with van der Waals surface area (Å²) in [5, 5.41) is 35.0. The van der Waals surface area contributed by atoms with Crippen LogP contribution in [0.4, 0.5) is 0 Å². The standard InChI is InChI=1S/C18H14N2O4/c1-7(21)11-13-14(12(8(2)22)16(20)15(11)19)18(24)10-6-4-3-5-9(10)17(13)23/h3-6,19-22H,1-2H3/b11-7+,12-8+,19-15?,20-16?. The van der Waals surface area contributed by atoms with Gasteiger partial charge in [-0.25, -0.2) is 0 Å². The molecule has 0 aromatic heterocycles. The number of fused-ring (bicyclic) bond motifs is 1. The van der Waals surface area contributed by atoms with Crippen molar-refractivity contribution in [3.8, 4) is 0 Å². The van der Waals surface area contributed by atoms with Crippen LogP contribution in [-0.2, 0) is 0 Å². The molecule has 0 atom stereocenters. The molecule has 2 aliphatic carbocycles. The first-order valence-corrected chi connectivity index (χ1v) is 7.18. The molecule has 4 N–H and O–H groups in total. The van der Waals surface area contributed by atoms with Crippen LogP contribution in [0.1, 0.15) is 13.8 Å².